The summed E-state index contributed by atoms with van der Waals surface area (Å²) in [4.78, 5) is 23.4. The van der Waals surface area contributed by atoms with Crippen molar-refractivity contribution in [2.75, 3.05) is 11.9 Å². The Morgan fingerprint density at radius 2 is 1.95 bits per heavy atom. The van der Waals surface area contributed by atoms with E-state index >= 15 is 0 Å². The minimum absolute atomic E-state index is 0.193. The topological polar surface area (TPSA) is 92.4 Å². The molecule has 0 spiro atoms. The summed E-state index contributed by atoms with van der Waals surface area (Å²) in [5.74, 6) is -1.19. The quantitative estimate of drug-likeness (QED) is 0.770. The molecule has 1 aromatic rings. The molecule has 0 aliphatic carbocycles. The van der Waals surface area contributed by atoms with E-state index in [2.05, 4.69) is 5.32 Å². The first-order chi connectivity index (χ1) is 9.25. The van der Waals surface area contributed by atoms with Gasteiger partial charge in [0.05, 0.1) is 11.0 Å². The second-order valence-corrected chi connectivity index (χ2v) is 5.34. The Labute approximate surface area is 119 Å². The van der Waals surface area contributed by atoms with Gasteiger partial charge in [-0.2, -0.15) is 0 Å². The van der Waals surface area contributed by atoms with Crippen LogP contribution in [0.3, 0.4) is 0 Å². The molecule has 4 N–H and O–H groups in total. The Balaban J connectivity index is 3.11. The molecule has 1 aromatic carbocycles. The van der Waals surface area contributed by atoms with Crippen LogP contribution in [0.15, 0.2) is 12.1 Å². The smallest absolute Gasteiger partial charge is 0.336 e. The van der Waals surface area contributed by atoms with Crippen molar-refractivity contribution in [1.82, 2.24) is 0 Å². The standard InChI is InChI=1S/C15H22N2O3/c1-5-15(4,8-16)14(20)17-11-6-9(2)10(3)12(7-11)13(18)19/h6-7H,5,8,16H2,1-4H3,(H,17,20)(H,18,19). The van der Waals surface area contributed by atoms with Crippen molar-refractivity contribution in [3.8, 4) is 0 Å². The summed E-state index contributed by atoms with van der Waals surface area (Å²) in [6.45, 7) is 7.50. The van der Waals surface area contributed by atoms with Crippen LogP contribution in [0.1, 0.15) is 41.8 Å². The average molecular weight is 278 g/mol. The van der Waals surface area contributed by atoms with Gasteiger partial charge in [-0.05, 0) is 50.5 Å². The van der Waals surface area contributed by atoms with Crippen LogP contribution < -0.4 is 11.1 Å². The molecule has 1 rings (SSSR count). The van der Waals surface area contributed by atoms with E-state index in [1.807, 2.05) is 13.8 Å². The summed E-state index contributed by atoms with van der Waals surface area (Å²) < 4.78 is 0. The fourth-order valence-electron chi connectivity index (χ4n) is 1.83. The van der Waals surface area contributed by atoms with Gasteiger partial charge in [0.2, 0.25) is 5.91 Å². The lowest BCUT2D eigenvalue weighted by Gasteiger charge is -2.25. The minimum atomic E-state index is -1.00. The number of carbonyl (C=O) groups is 2. The molecule has 5 nitrogen and oxygen atoms in total. The first kappa shape index (κ1) is 16.2. The number of amides is 1. The third-order valence-electron chi connectivity index (χ3n) is 3.93. The Morgan fingerprint density at radius 1 is 1.35 bits per heavy atom. The van der Waals surface area contributed by atoms with Gasteiger partial charge in [-0.1, -0.05) is 6.92 Å². The highest BCUT2D eigenvalue weighted by atomic mass is 16.4. The highest BCUT2D eigenvalue weighted by Crippen LogP contribution is 2.24. The molecular weight excluding hydrogens is 256 g/mol. The second-order valence-electron chi connectivity index (χ2n) is 5.34. The zero-order valence-electron chi connectivity index (χ0n) is 12.4. The monoisotopic (exact) mass is 278 g/mol. The molecule has 1 atom stereocenters. The number of nitrogens with two attached hydrogens (primary N) is 1. The van der Waals surface area contributed by atoms with Gasteiger partial charge in [-0.15, -0.1) is 0 Å². The predicted molar refractivity (Wildman–Crippen MR) is 79.0 cm³/mol. The Hall–Kier alpha value is -1.88. The summed E-state index contributed by atoms with van der Waals surface area (Å²) in [5.41, 5.74) is 7.21. The van der Waals surface area contributed by atoms with Crippen LogP contribution in [0.5, 0.6) is 0 Å². The van der Waals surface area contributed by atoms with E-state index in [0.29, 0.717) is 17.7 Å². The Bertz CT molecular complexity index is 534. The highest BCUT2D eigenvalue weighted by Gasteiger charge is 2.29. The van der Waals surface area contributed by atoms with Gasteiger partial charge in [0.1, 0.15) is 0 Å². The van der Waals surface area contributed by atoms with Crippen LogP contribution in [-0.4, -0.2) is 23.5 Å². The number of nitrogens with one attached hydrogen (secondary N) is 1. The van der Waals surface area contributed by atoms with Crippen LogP contribution in [0.4, 0.5) is 5.69 Å². The predicted octanol–water partition coefficient (Wildman–Crippen LogP) is 2.32. The molecule has 0 fully saturated rings. The van der Waals surface area contributed by atoms with E-state index in [1.54, 1.807) is 19.9 Å². The number of anilines is 1. The van der Waals surface area contributed by atoms with Crippen molar-refractivity contribution < 1.29 is 14.7 Å². The summed E-state index contributed by atoms with van der Waals surface area (Å²) in [5, 5.41) is 11.9. The lowest BCUT2D eigenvalue weighted by molar-refractivity contribution is -0.124. The molecule has 5 heteroatoms. The SMILES string of the molecule is CCC(C)(CN)C(=O)Nc1cc(C)c(C)c(C(=O)O)c1. The maximum atomic E-state index is 12.2. The van der Waals surface area contributed by atoms with Crippen LogP contribution in [0.2, 0.25) is 0 Å². The van der Waals surface area contributed by atoms with Crippen LogP contribution in [0, 0.1) is 19.3 Å². The molecule has 0 aliphatic rings. The molecule has 0 heterocycles. The maximum absolute atomic E-state index is 12.2. The molecule has 0 aliphatic heterocycles. The van der Waals surface area contributed by atoms with Gasteiger partial charge in [0, 0.05) is 12.2 Å². The van der Waals surface area contributed by atoms with E-state index in [4.69, 9.17) is 10.8 Å². The van der Waals surface area contributed by atoms with Gasteiger partial charge in [0.25, 0.3) is 0 Å². The zero-order chi connectivity index (χ0) is 15.5. The first-order valence-corrected chi connectivity index (χ1v) is 6.61. The van der Waals surface area contributed by atoms with Crippen molar-refractivity contribution in [2.24, 2.45) is 11.1 Å². The summed E-state index contributed by atoms with van der Waals surface area (Å²) in [7, 11) is 0. The molecular formula is C15H22N2O3. The van der Waals surface area contributed by atoms with Gasteiger partial charge in [-0.3, -0.25) is 4.79 Å². The fraction of sp³-hybridized carbons (Fsp3) is 0.467. The molecule has 1 unspecified atom stereocenters. The minimum Gasteiger partial charge on any atom is -0.478 e. The summed E-state index contributed by atoms with van der Waals surface area (Å²) in [6.07, 6.45) is 0.617. The van der Waals surface area contributed by atoms with E-state index in [0.717, 1.165) is 5.56 Å². The molecule has 1 amide bonds. The fourth-order valence-corrected chi connectivity index (χ4v) is 1.83. The zero-order valence-corrected chi connectivity index (χ0v) is 12.4. The van der Waals surface area contributed by atoms with E-state index in [1.165, 1.54) is 6.07 Å². The molecule has 20 heavy (non-hydrogen) atoms. The molecule has 110 valence electrons. The Morgan fingerprint density at radius 3 is 2.40 bits per heavy atom. The maximum Gasteiger partial charge on any atom is 0.336 e. The molecule has 0 saturated carbocycles. The lowest BCUT2D eigenvalue weighted by Crippen LogP contribution is -2.39. The third kappa shape index (κ3) is 3.17. The molecule has 0 radical (unpaired) electrons. The number of aryl methyl sites for hydroxylation is 1. The van der Waals surface area contributed by atoms with Gasteiger partial charge >= 0.3 is 5.97 Å². The van der Waals surface area contributed by atoms with Crippen molar-refractivity contribution in [1.29, 1.82) is 0 Å². The lowest BCUT2D eigenvalue weighted by atomic mass is 9.86. The van der Waals surface area contributed by atoms with E-state index in [-0.39, 0.29) is 18.0 Å². The van der Waals surface area contributed by atoms with Gasteiger partial charge in [0.15, 0.2) is 0 Å². The number of carboxylic acid groups (broad SMARTS) is 1. The van der Waals surface area contributed by atoms with Crippen molar-refractivity contribution in [3.05, 3.63) is 28.8 Å². The van der Waals surface area contributed by atoms with Crippen molar-refractivity contribution in [3.63, 3.8) is 0 Å². The van der Waals surface area contributed by atoms with Crippen LogP contribution in [0.25, 0.3) is 0 Å². The van der Waals surface area contributed by atoms with Crippen LogP contribution in [-0.2, 0) is 4.79 Å². The molecule has 0 bridgehead atoms. The number of carboxylic acids is 1. The van der Waals surface area contributed by atoms with Gasteiger partial charge in [-0.25, -0.2) is 4.79 Å². The number of rotatable bonds is 5. The number of hydrogen-bond donors (Lipinski definition) is 3. The Kier molecular flexibility index (Phi) is 4.89. The number of carbonyl (C=O) groups excluding carboxylic acids is 1. The van der Waals surface area contributed by atoms with E-state index < -0.39 is 11.4 Å². The second kappa shape index (κ2) is 6.05. The third-order valence-corrected chi connectivity index (χ3v) is 3.93. The number of benzene rings is 1. The van der Waals surface area contributed by atoms with Crippen molar-refractivity contribution in [2.45, 2.75) is 34.1 Å². The highest BCUT2D eigenvalue weighted by molar-refractivity contribution is 5.97. The largest absolute Gasteiger partial charge is 0.478 e. The summed E-state index contributed by atoms with van der Waals surface area (Å²) >= 11 is 0. The van der Waals surface area contributed by atoms with Crippen LogP contribution >= 0.6 is 0 Å². The summed E-state index contributed by atoms with van der Waals surface area (Å²) in [6, 6.07) is 3.25. The normalized spacial score (nSPS) is 13.7. The number of aromatic carboxylic acids is 1. The first-order valence-electron chi connectivity index (χ1n) is 6.61. The molecule has 0 aromatic heterocycles. The number of hydrogen-bond acceptors (Lipinski definition) is 3. The van der Waals surface area contributed by atoms with E-state index in [9.17, 15) is 9.59 Å². The van der Waals surface area contributed by atoms with Gasteiger partial charge < -0.3 is 16.2 Å². The average Bonchev–Trinajstić information content (AvgIpc) is 2.41. The van der Waals surface area contributed by atoms with Crippen molar-refractivity contribution >= 4 is 17.6 Å². The molecule has 0 saturated heterocycles.